The Morgan fingerprint density at radius 1 is 1.15 bits per heavy atom. The van der Waals surface area contributed by atoms with Gasteiger partial charge in [0.1, 0.15) is 5.75 Å². The molecular weight excluding hydrogens is 467 g/mol. The predicted octanol–water partition coefficient (Wildman–Crippen LogP) is 3.34. The lowest BCUT2D eigenvalue weighted by molar-refractivity contribution is 0.0794. The van der Waals surface area contributed by atoms with Crippen molar-refractivity contribution < 1.29 is 17.9 Å². The molecule has 0 atom stereocenters. The van der Waals surface area contributed by atoms with Gasteiger partial charge in [-0.1, -0.05) is 12.1 Å². The monoisotopic (exact) mass is 486 g/mol. The van der Waals surface area contributed by atoms with Gasteiger partial charge in [-0.25, -0.2) is 8.42 Å². The molecule has 1 amide bonds. The van der Waals surface area contributed by atoms with Gasteiger partial charge in [0.15, 0.2) is 0 Å². The first kappa shape index (κ1) is 19.0. The summed E-state index contributed by atoms with van der Waals surface area (Å²) in [6, 6.07) is 11.3. The third kappa shape index (κ3) is 3.96. The van der Waals surface area contributed by atoms with Gasteiger partial charge in [-0.15, -0.1) is 0 Å². The second-order valence-corrected chi connectivity index (χ2v) is 8.79. The normalized spacial score (nSPS) is 14.3. The van der Waals surface area contributed by atoms with Crippen LogP contribution < -0.4 is 9.46 Å². The Bertz CT molecular complexity index is 925. The van der Waals surface area contributed by atoms with E-state index in [1.807, 2.05) is 22.6 Å². The number of amides is 1. The van der Waals surface area contributed by atoms with E-state index in [9.17, 15) is 13.2 Å². The number of benzene rings is 2. The molecule has 1 aliphatic rings. The fourth-order valence-electron chi connectivity index (χ4n) is 2.87. The van der Waals surface area contributed by atoms with E-state index in [-0.39, 0.29) is 16.5 Å². The van der Waals surface area contributed by atoms with E-state index >= 15 is 0 Å². The van der Waals surface area contributed by atoms with Gasteiger partial charge in [-0.2, -0.15) is 0 Å². The first-order valence-electron chi connectivity index (χ1n) is 8.17. The average Bonchev–Trinajstić information content (AvgIpc) is 3.16. The maximum absolute atomic E-state index is 12.8. The Labute approximate surface area is 166 Å². The molecule has 0 aliphatic carbocycles. The number of nitrogens with zero attached hydrogens (tertiary/aromatic N) is 1. The summed E-state index contributed by atoms with van der Waals surface area (Å²) in [7, 11) is -2.29. The van der Waals surface area contributed by atoms with Crippen molar-refractivity contribution in [3.05, 3.63) is 51.6 Å². The van der Waals surface area contributed by atoms with E-state index in [2.05, 4.69) is 4.72 Å². The van der Waals surface area contributed by atoms with Gasteiger partial charge >= 0.3 is 0 Å². The lowest BCUT2D eigenvalue weighted by Crippen LogP contribution is -2.28. The fourth-order valence-corrected chi connectivity index (χ4v) is 4.92. The van der Waals surface area contributed by atoms with Crippen LogP contribution in [0.15, 0.2) is 47.4 Å². The van der Waals surface area contributed by atoms with Crippen molar-refractivity contribution in [2.75, 3.05) is 24.9 Å². The number of hydrogen-bond donors (Lipinski definition) is 1. The first-order valence-corrected chi connectivity index (χ1v) is 10.7. The summed E-state index contributed by atoms with van der Waals surface area (Å²) in [4.78, 5) is 14.6. The van der Waals surface area contributed by atoms with Crippen LogP contribution in [-0.4, -0.2) is 39.4 Å². The number of anilines is 1. The van der Waals surface area contributed by atoms with Gasteiger partial charge in [-0.05, 0) is 65.8 Å². The highest BCUT2D eigenvalue weighted by atomic mass is 127. The molecule has 1 N–H and O–H groups in total. The lowest BCUT2D eigenvalue weighted by atomic mass is 10.1. The summed E-state index contributed by atoms with van der Waals surface area (Å²) in [5, 5.41) is 0. The Balaban J connectivity index is 1.90. The van der Waals surface area contributed by atoms with Crippen LogP contribution in [0.5, 0.6) is 5.75 Å². The number of carbonyl (C=O) groups excluding carboxylic acids is 1. The zero-order chi connectivity index (χ0) is 18.7. The van der Waals surface area contributed by atoms with Crippen LogP contribution in [0, 0.1) is 3.57 Å². The molecule has 0 unspecified atom stereocenters. The van der Waals surface area contributed by atoms with Crippen LogP contribution >= 0.6 is 22.6 Å². The number of methoxy groups -OCH3 is 1. The number of sulfonamides is 1. The zero-order valence-electron chi connectivity index (χ0n) is 14.2. The van der Waals surface area contributed by atoms with E-state index < -0.39 is 10.0 Å². The number of hydrogen-bond acceptors (Lipinski definition) is 4. The number of ether oxygens (including phenoxy) is 1. The molecule has 3 rings (SSSR count). The second kappa shape index (κ2) is 7.83. The highest BCUT2D eigenvalue weighted by molar-refractivity contribution is 14.1. The number of rotatable bonds is 5. The molecule has 0 bridgehead atoms. The Morgan fingerprint density at radius 3 is 2.50 bits per heavy atom. The van der Waals surface area contributed by atoms with E-state index in [0.717, 1.165) is 12.8 Å². The number of halogens is 1. The van der Waals surface area contributed by atoms with E-state index in [1.54, 1.807) is 35.2 Å². The largest absolute Gasteiger partial charge is 0.496 e. The third-order valence-corrected chi connectivity index (χ3v) is 6.43. The van der Waals surface area contributed by atoms with Crippen LogP contribution in [0.1, 0.15) is 23.2 Å². The first-order chi connectivity index (χ1) is 12.4. The van der Waals surface area contributed by atoms with Gasteiger partial charge in [0.25, 0.3) is 15.9 Å². The van der Waals surface area contributed by atoms with Crippen LogP contribution in [0.4, 0.5) is 5.69 Å². The molecule has 0 radical (unpaired) electrons. The smallest absolute Gasteiger partial charge is 0.261 e. The standard InChI is InChI=1S/C18H19IN2O4S/c1-25-17-9-8-13(12-15(17)19)26(23,24)20-16-7-3-2-6-14(16)18(22)21-10-4-5-11-21/h2-3,6-9,12,20H,4-5,10-11H2,1H3. The fraction of sp³-hybridized carbons (Fsp3) is 0.278. The Hall–Kier alpha value is -1.81. The molecule has 8 heteroatoms. The highest BCUT2D eigenvalue weighted by Crippen LogP contribution is 2.27. The van der Waals surface area contributed by atoms with Crippen molar-refractivity contribution in [2.24, 2.45) is 0 Å². The van der Waals surface area contributed by atoms with E-state index in [0.29, 0.717) is 28.0 Å². The van der Waals surface area contributed by atoms with Gasteiger partial charge in [0.2, 0.25) is 0 Å². The van der Waals surface area contributed by atoms with E-state index in [1.165, 1.54) is 19.2 Å². The van der Waals surface area contributed by atoms with Crippen LogP contribution in [0.25, 0.3) is 0 Å². The third-order valence-electron chi connectivity index (χ3n) is 4.23. The van der Waals surface area contributed by atoms with Gasteiger partial charge < -0.3 is 9.64 Å². The van der Waals surface area contributed by atoms with E-state index in [4.69, 9.17) is 4.74 Å². The summed E-state index contributed by atoms with van der Waals surface area (Å²) in [5.41, 5.74) is 0.649. The molecule has 1 aliphatic heterocycles. The summed E-state index contributed by atoms with van der Waals surface area (Å²) in [6.45, 7) is 1.41. The summed E-state index contributed by atoms with van der Waals surface area (Å²) in [5.74, 6) is 0.458. The minimum absolute atomic E-state index is 0.117. The molecule has 1 fully saturated rings. The Kier molecular flexibility index (Phi) is 5.71. The van der Waals surface area contributed by atoms with Crippen molar-refractivity contribution in [3.8, 4) is 5.75 Å². The summed E-state index contributed by atoms with van der Waals surface area (Å²) < 4.78 is 33.9. The molecule has 1 heterocycles. The number of carbonyl (C=O) groups is 1. The molecule has 6 nitrogen and oxygen atoms in total. The Morgan fingerprint density at radius 2 is 1.85 bits per heavy atom. The molecule has 0 aromatic heterocycles. The summed E-state index contributed by atoms with van der Waals surface area (Å²) >= 11 is 2.02. The molecule has 0 spiro atoms. The van der Waals surface area contributed by atoms with Gasteiger partial charge in [-0.3, -0.25) is 9.52 Å². The second-order valence-electron chi connectivity index (χ2n) is 5.95. The zero-order valence-corrected chi connectivity index (χ0v) is 17.2. The minimum Gasteiger partial charge on any atom is -0.496 e. The lowest BCUT2D eigenvalue weighted by Gasteiger charge is -2.18. The minimum atomic E-state index is -3.82. The van der Waals surface area contributed by atoms with Crippen LogP contribution in [0.2, 0.25) is 0 Å². The van der Waals surface area contributed by atoms with Crippen molar-refractivity contribution in [3.63, 3.8) is 0 Å². The van der Waals surface area contributed by atoms with Crippen molar-refractivity contribution >= 4 is 44.2 Å². The average molecular weight is 486 g/mol. The highest BCUT2D eigenvalue weighted by Gasteiger charge is 2.24. The molecule has 2 aromatic carbocycles. The van der Waals surface area contributed by atoms with Gasteiger partial charge in [0.05, 0.1) is 26.8 Å². The molecule has 1 saturated heterocycles. The molecule has 138 valence electrons. The molecule has 0 saturated carbocycles. The van der Waals surface area contributed by atoms with Crippen molar-refractivity contribution in [1.82, 2.24) is 4.90 Å². The molecular formula is C18H19IN2O4S. The number of para-hydroxylation sites is 1. The SMILES string of the molecule is COc1ccc(S(=O)(=O)Nc2ccccc2C(=O)N2CCCC2)cc1I. The maximum atomic E-state index is 12.8. The van der Waals surface area contributed by atoms with Gasteiger partial charge in [0, 0.05) is 13.1 Å². The van der Waals surface area contributed by atoms with Crippen molar-refractivity contribution in [2.45, 2.75) is 17.7 Å². The van der Waals surface area contributed by atoms with Crippen LogP contribution in [0.3, 0.4) is 0 Å². The number of likely N-dealkylation sites (tertiary alicyclic amines) is 1. The molecule has 26 heavy (non-hydrogen) atoms. The topological polar surface area (TPSA) is 75.7 Å². The maximum Gasteiger partial charge on any atom is 0.261 e. The van der Waals surface area contributed by atoms with Crippen molar-refractivity contribution in [1.29, 1.82) is 0 Å². The predicted molar refractivity (Wildman–Crippen MR) is 108 cm³/mol. The quantitative estimate of drug-likeness (QED) is 0.659. The summed E-state index contributed by atoms with van der Waals surface area (Å²) in [6.07, 6.45) is 1.95. The van der Waals surface area contributed by atoms with Crippen LogP contribution in [-0.2, 0) is 10.0 Å². The number of nitrogens with one attached hydrogen (secondary N) is 1. The molecule has 2 aromatic rings.